The first-order valence-electron chi connectivity index (χ1n) is 6.10. The van der Waals surface area contributed by atoms with Crippen LogP contribution >= 0.6 is 0 Å². The molecule has 0 spiro atoms. The van der Waals surface area contributed by atoms with E-state index in [4.69, 9.17) is 5.11 Å². The Bertz CT molecular complexity index is 406. The number of rotatable bonds is 6. The van der Waals surface area contributed by atoms with Crippen molar-refractivity contribution in [3.05, 3.63) is 35.1 Å². The molecule has 0 aliphatic rings. The molecule has 2 nitrogen and oxygen atoms in total. The molecular weight excluding hydrogens is 262 g/mol. The van der Waals surface area contributed by atoms with Gasteiger partial charge in [0.2, 0.25) is 0 Å². The van der Waals surface area contributed by atoms with Gasteiger partial charge in [-0.1, -0.05) is 6.92 Å². The van der Waals surface area contributed by atoms with E-state index in [2.05, 4.69) is 5.32 Å². The van der Waals surface area contributed by atoms with Crippen LogP contribution in [0, 0.1) is 5.82 Å². The number of hydrogen-bond acceptors (Lipinski definition) is 2. The molecule has 0 radical (unpaired) electrons. The Hall–Kier alpha value is -1.14. The van der Waals surface area contributed by atoms with E-state index in [1.807, 2.05) is 6.92 Å². The van der Waals surface area contributed by atoms with Gasteiger partial charge < -0.3 is 10.4 Å². The standard InChI is InChI=1S/C13H17F4NO/c1-2-4-18-12(3-5-19)9-6-10(13(15,16)17)8-11(14)7-9/h6-8,12,18-19H,2-5H2,1H3. The van der Waals surface area contributed by atoms with Crippen molar-refractivity contribution in [3.63, 3.8) is 0 Å². The van der Waals surface area contributed by atoms with Crippen LogP contribution in [-0.2, 0) is 6.18 Å². The second-order valence-corrected chi connectivity index (χ2v) is 4.29. The molecule has 1 aromatic carbocycles. The van der Waals surface area contributed by atoms with Gasteiger partial charge in [0.1, 0.15) is 5.82 Å². The molecule has 19 heavy (non-hydrogen) atoms. The van der Waals surface area contributed by atoms with E-state index in [0.29, 0.717) is 12.6 Å². The molecule has 0 heterocycles. The smallest absolute Gasteiger partial charge is 0.396 e. The zero-order chi connectivity index (χ0) is 14.5. The van der Waals surface area contributed by atoms with Crippen molar-refractivity contribution >= 4 is 0 Å². The Morgan fingerprint density at radius 2 is 1.95 bits per heavy atom. The van der Waals surface area contributed by atoms with Gasteiger partial charge in [0.05, 0.1) is 5.56 Å². The highest BCUT2D eigenvalue weighted by Gasteiger charge is 2.32. The Balaban J connectivity index is 3.05. The minimum absolute atomic E-state index is 0.181. The summed E-state index contributed by atoms with van der Waals surface area (Å²) < 4.78 is 51.1. The molecule has 0 aliphatic heterocycles. The topological polar surface area (TPSA) is 32.3 Å². The second kappa shape index (κ2) is 6.86. The third-order valence-electron chi connectivity index (χ3n) is 2.71. The van der Waals surface area contributed by atoms with Crippen LogP contribution in [0.15, 0.2) is 18.2 Å². The lowest BCUT2D eigenvalue weighted by molar-refractivity contribution is -0.137. The zero-order valence-corrected chi connectivity index (χ0v) is 10.6. The van der Waals surface area contributed by atoms with Gasteiger partial charge in [-0.05, 0) is 43.1 Å². The van der Waals surface area contributed by atoms with Crippen LogP contribution in [0.1, 0.15) is 36.9 Å². The van der Waals surface area contributed by atoms with Gasteiger partial charge in [-0.25, -0.2) is 4.39 Å². The summed E-state index contributed by atoms with van der Waals surface area (Å²) in [6.07, 6.45) is -3.55. The summed E-state index contributed by atoms with van der Waals surface area (Å²) in [5.41, 5.74) is -0.807. The van der Waals surface area contributed by atoms with E-state index in [9.17, 15) is 17.6 Å². The third kappa shape index (κ3) is 4.80. The Morgan fingerprint density at radius 3 is 2.47 bits per heavy atom. The van der Waals surface area contributed by atoms with Crippen molar-refractivity contribution < 1.29 is 22.7 Å². The molecule has 2 N–H and O–H groups in total. The molecule has 0 aromatic heterocycles. The summed E-state index contributed by atoms with van der Waals surface area (Å²) in [5, 5.41) is 11.9. The van der Waals surface area contributed by atoms with Crippen LogP contribution in [0.4, 0.5) is 17.6 Å². The molecule has 1 aromatic rings. The molecule has 0 amide bonds. The zero-order valence-electron chi connectivity index (χ0n) is 10.6. The van der Waals surface area contributed by atoms with Gasteiger partial charge in [-0.15, -0.1) is 0 Å². The fraction of sp³-hybridized carbons (Fsp3) is 0.538. The molecular formula is C13H17F4NO. The molecule has 0 bridgehead atoms. The summed E-state index contributed by atoms with van der Waals surface area (Å²) in [4.78, 5) is 0. The highest BCUT2D eigenvalue weighted by atomic mass is 19.4. The van der Waals surface area contributed by atoms with Gasteiger partial charge in [0, 0.05) is 12.6 Å². The molecule has 0 aliphatic carbocycles. The number of halogens is 4. The molecule has 1 unspecified atom stereocenters. The number of alkyl halides is 3. The van der Waals surface area contributed by atoms with Crippen molar-refractivity contribution in [2.24, 2.45) is 0 Å². The predicted octanol–water partition coefficient (Wildman–Crippen LogP) is 3.27. The van der Waals surface area contributed by atoms with E-state index < -0.39 is 23.6 Å². The molecule has 1 atom stereocenters. The number of hydrogen-bond donors (Lipinski definition) is 2. The molecule has 1 rings (SSSR count). The summed E-state index contributed by atoms with van der Waals surface area (Å²) in [7, 11) is 0. The van der Waals surface area contributed by atoms with Crippen molar-refractivity contribution in [1.29, 1.82) is 0 Å². The summed E-state index contributed by atoms with van der Waals surface area (Å²) in [6, 6.07) is 1.98. The van der Waals surface area contributed by atoms with E-state index in [1.54, 1.807) is 0 Å². The first-order valence-corrected chi connectivity index (χ1v) is 6.10. The van der Waals surface area contributed by atoms with Crippen molar-refractivity contribution in [2.75, 3.05) is 13.2 Å². The largest absolute Gasteiger partial charge is 0.416 e. The maximum absolute atomic E-state index is 13.3. The van der Waals surface area contributed by atoms with Crippen molar-refractivity contribution in [3.8, 4) is 0 Å². The predicted molar refractivity (Wildman–Crippen MR) is 64.1 cm³/mol. The number of aliphatic hydroxyl groups is 1. The van der Waals surface area contributed by atoms with Crippen LogP contribution < -0.4 is 5.32 Å². The lowest BCUT2D eigenvalue weighted by Gasteiger charge is -2.19. The van der Waals surface area contributed by atoms with E-state index in [-0.39, 0.29) is 18.6 Å². The Labute approximate surface area is 109 Å². The molecule has 0 saturated heterocycles. The maximum atomic E-state index is 13.3. The number of benzene rings is 1. The molecule has 0 saturated carbocycles. The highest BCUT2D eigenvalue weighted by molar-refractivity contribution is 5.29. The number of aliphatic hydroxyl groups excluding tert-OH is 1. The fourth-order valence-electron chi connectivity index (χ4n) is 1.81. The lowest BCUT2D eigenvalue weighted by Crippen LogP contribution is -2.23. The normalized spacial score (nSPS) is 13.6. The summed E-state index contributed by atoms with van der Waals surface area (Å²) in [5.74, 6) is -0.925. The van der Waals surface area contributed by atoms with Gasteiger partial charge >= 0.3 is 6.18 Å². The molecule has 0 fully saturated rings. The molecule has 108 valence electrons. The maximum Gasteiger partial charge on any atom is 0.416 e. The van der Waals surface area contributed by atoms with Gasteiger partial charge in [-0.3, -0.25) is 0 Å². The Morgan fingerprint density at radius 1 is 1.26 bits per heavy atom. The monoisotopic (exact) mass is 279 g/mol. The average Bonchev–Trinajstić information content (AvgIpc) is 2.32. The van der Waals surface area contributed by atoms with Crippen molar-refractivity contribution in [1.82, 2.24) is 5.32 Å². The fourth-order valence-corrected chi connectivity index (χ4v) is 1.81. The molecule has 6 heteroatoms. The second-order valence-electron chi connectivity index (χ2n) is 4.29. The minimum atomic E-state index is -4.58. The SMILES string of the molecule is CCCNC(CCO)c1cc(F)cc(C(F)(F)F)c1. The minimum Gasteiger partial charge on any atom is -0.396 e. The van der Waals surface area contributed by atoms with E-state index in [0.717, 1.165) is 18.6 Å². The highest BCUT2D eigenvalue weighted by Crippen LogP contribution is 2.32. The van der Waals surface area contributed by atoms with Gasteiger partial charge in [0.15, 0.2) is 0 Å². The first kappa shape index (κ1) is 15.9. The van der Waals surface area contributed by atoms with Crippen molar-refractivity contribution in [2.45, 2.75) is 32.0 Å². The average molecular weight is 279 g/mol. The number of nitrogens with one attached hydrogen (secondary N) is 1. The quantitative estimate of drug-likeness (QED) is 0.783. The summed E-state index contributed by atoms with van der Waals surface area (Å²) in [6.45, 7) is 2.32. The summed E-state index contributed by atoms with van der Waals surface area (Å²) >= 11 is 0. The first-order chi connectivity index (χ1) is 8.88. The van der Waals surface area contributed by atoms with E-state index in [1.165, 1.54) is 0 Å². The van der Waals surface area contributed by atoms with E-state index >= 15 is 0 Å². The third-order valence-corrected chi connectivity index (χ3v) is 2.71. The lowest BCUT2D eigenvalue weighted by atomic mass is 10.0. The van der Waals surface area contributed by atoms with Crippen LogP contribution in [0.5, 0.6) is 0 Å². The van der Waals surface area contributed by atoms with Crippen LogP contribution in [0.2, 0.25) is 0 Å². The van der Waals surface area contributed by atoms with Crippen LogP contribution in [0.3, 0.4) is 0 Å². The van der Waals surface area contributed by atoms with Gasteiger partial charge in [-0.2, -0.15) is 13.2 Å². The van der Waals surface area contributed by atoms with Crippen LogP contribution in [-0.4, -0.2) is 18.3 Å². The van der Waals surface area contributed by atoms with Crippen LogP contribution in [0.25, 0.3) is 0 Å². The van der Waals surface area contributed by atoms with Gasteiger partial charge in [0.25, 0.3) is 0 Å². The Kier molecular flexibility index (Phi) is 5.75.